The van der Waals surface area contributed by atoms with Gasteiger partial charge in [-0.2, -0.15) is 0 Å². The van der Waals surface area contributed by atoms with Gasteiger partial charge in [0.2, 0.25) is 0 Å². The fourth-order valence-electron chi connectivity index (χ4n) is 1.75. The maximum atomic E-state index is 5.92. The van der Waals surface area contributed by atoms with Crippen molar-refractivity contribution in [2.24, 2.45) is 0 Å². The number of nitrogens with one attached hydrogen (secondary N) is 1. The topological polar surface area (TPSA) is 21.3 Å². The van der Waals surface area contributed by atoms with Crippen molar-refractivity contribution >= 4 is 28.6 Å². The second-order valence-corrected chi connectivity index (χ2v) is 5.76. The van der Waals surface area contributed by atoms with Crippen LogP contribution >= 0.6 is 22.9 Å². The van der Waals surface area contributed by atoms with Gasteiger partial charge in [-0.1, -0.05) is 29.8 Å². The predicted octanol–water partition coefficient (Wildman–Crippen LogP) is 4.20. The lowest BCUT2D eigenvalue weighted by Crippen LogP contribution is -2.03. The fourth-order valence-corrected chi connectivity index (χ4v) is 2.78. The number of benzene rings is 1. The summed E-state index contributed by atoms with van der Waals surface area (Å²) >= 11 is 7.53. The van der Waals surface area contributed by atoms with Gasteiger partial charge in [0.15, 0.2) is 0 Å². The fraction of sp³-hybridized carbons (Fsp3) is 0.286. The first-order valence-electron chi connectivity index (χ1n) is 5.84. The Labute approximate surface area is 117 Å². The molecule has 1 N–H and O–H groups in total. The molecule has 0 aliphatic carbocycles. The summed E-state index contributed by atoms with van der Waals surface area (Å²) in [6, 6.07) is 12.3. The van der Waals surface area contributed by atoms with E-state index in [0.717, 1.165) is 23.9 Å². The normalized spacial score (nSPS) is 10.6. The maximum absolute atomic E-state index is 5.92. The maximum Gasteiger partial charge on any atom is 0.0931 e. The molecule has 2 aromatic rings. The average Bonchev–Trinajstić information content (AvgIpc) is 2.81. The highest BCUT2D eigenvalue weighted by Crippen LogP contribution is 2.23. The third kappa shape index (κ3) is 3.73. The van der Waals surface area contributed by atoms with Crippen LogP contribution in [0.3, 0.4) is 0 Å². The molecule has 0 amide bonds. The van der Waals surface area contributed by atoms with Crippen molar-refractivity contribution in [2.75, 3.05) is 19.0 Å². The van der Waals surface area contributed by atoms with Gasteiger partial charge in [0.05, 0.1) is 10.9 Å². The van der Waals surface area contributed by atoms with Gasteiger partial charge in [-0.3, -0.25) is 0 Å². The molecule has 96 valence electrons. The molecule has 0 saturated heterocycles. The van der Waals surface area contributed by atoms with Crippen molar-refractivity contribution in [2.45, 2.75) is 13.0 Å². The lowest BCUT2D eigenvalue weighted by molar-refractivity contribution is 0.202. The summed E-state index contributed by atoms with van der Waals surface area (Å²) in [6.45, 7) is 1.55. The van der Waals surface area contributed by atoms with Crippen LogP contribution in [-0.2, 0) is 17.7 Å². The second-order valence-electron chi connectivity index (χ2n) is 3.96. The summed E-state index contributed by atoms with van der Waals surface area (Å²) in [6.07, 6.45) is 0.921. The molecule has 0 radical (unpaired) electrons. The minimum absolute atomic E-state index is 0.740. The molecule has 0 aliphatic rings. The summed E-state index contributed by atoms with van der Waals surface area (Å²) in [7, 11) is 1.73. The largest absolute Gasteiger partial charge is 0.384 e. The molecule has 4 heteroatoms. The molecular formula is C14H16ClNOS. The highest BCUT2D eigenvalue weighted by atomic mass is 35.5. The Morgan fingerprint density at radius 1 is 1.22 bits per heavy atom. The monoisotopic (exact) mass is 281 g/mol. The zero-order chi connectivity index (χ0) is 12.8. The Hall–Kier alpha value is -1.03. The molecule has 0 fully saturated rings. The lowest BCUT2D eigenvalue weighted by Gasteiger charge is -2.10. The average molecular weight is 282 g/mol. The number of anilines is 1. The first-order valence-corrected chi connectivity index (χ1v) is 7.04. The van der Waals surface area contributed by atoms with Crippen molar-refractivity contribution in [1.82, 2.24) is 0 Å². The van der Waals surface area contributed by atoms with Crippen LogP contribution in [0.1, 0.15) is 10.4 Å². The van der Waals surface area contributed by atoms with E-state index in [9.17, 15) is 0 Å². The van der Waals surface area contributed by atoms with Gasteiger partial charge in [-0.25, -0.2) is 0 Å². The van der Waals surface area contributed by atoms with Gasteiger partial charge >= 0.3 is 0 Å². The molecular weight excluding hydrogens is 266 g/mol. The Kier molecular flexibility index (Phi) is 5.05. The SMILES string of the molecule is COCCc1ccccc1NCc1ccc(Cl)s1. The smallest absolute Gasteiger partial charge is 0.0931 e. The molecule has 0 unspecified atom stereocenters. The van der Waals surface area contributed by atoms with Crippen LogP contribution in [0, 0.1) is 0 Å². The number of thiophene rings is 1. The van der Waals surface area contributed by atoms with Crippen LogP contribution in [0.5, 0.6) is 0 Å². The molecule has 0 saturated carbocycles. The zero-order valence-electron chi connectivity index (χ0n) is 10.3. The Bertz CT molecular complexity index is 498. The van der Waals surface area contributed by atoms with E-state index < -0.39 is 0 Å². The number of ether oxygens (including phenoxy) is 1. The minimum Gasteiger partial charge on any atom is -0.384 e. The molecule has 2 nitrogen and oxygen atoms in total. The van der Waals surface area contributed by atoms with Crippen molar-refractivity contribution in [3.8, 4) is 0 Å². The van der Waals surface area contributed by atoms with Crippen LogP contribution in [0.15, 0.2) is 36.4 Å². The van der Waals surface area contributed by atoms with Crippen molar-refractivity contribution < 1.29 is 4.74 Å². The van der Waals surface area contributed by atoms with E-state index in [1.807, 2.05) is 12.1 Å². The van der Waals surface area contributed by atoms with E-state index in [-0.39, 0.29) is 0 Å². The number of rotatable bonds is 6. The molecule has 0 bridgehead atoms. The molecule has 1 heterocycles. The van der Waals surface area contributed by atoms with E-state index in [2.05, 4.69) is 29.6 Å². The van der Waals surface area contributed by atoms with E-state index in [4.69, 9.17) is 16.3 Å². The van der Waals surface area contributed by atoms with Gasteiger partial charge in [0, 0.05) is 24.2 Å². The summed E-state index contributed by atoms with van der Waals surface area (Å²) in [4.78, 5) is 1.24. The van der Waals surface area contributed by atoms with Gasteiger partial charge in [-0.05, 0) is 30.2 Å². The highest BCUT2D eigenvalue weighted by Gasteiger charge is 2.02. The van der Waals surface area contributed by atoms with Crippen LogP contribution < -0.4 is 5.32 Å². The Morgan fingerprint density at radius 3 is 2.78 bits per heavy atom. The summed E-state index contributed by atoms with van der Waals surface area (Å²) in [5.41, 5.74) is 2.45. The molecule has 1 aromatic carbocycles. The van der Waals surface area contributed by atoms with Gasteiger partial charge in [0.1, 0.15) is 0 Å². The Balaban J connectivity index is 1.99. The minimum atomic E-state index is 0.740. The van der Waals surface area contributed by atoms with Crippen LogP contribution in [0.2, 0.25) is 4.34 Å². The number of methoxy groups -OCH3 is 1. The molecule has 2 rings (SSSR count). The first kappa shape index (κ1) is 13.4. The van der Waals surface area contributed by atoms with E-state index in [1.54, 1.807) is 18.4 Å². The number of hydrogen-bond acceptors (Lipinski definition) is 3. The number of para-hydroxylation sites is 1. The summed E-state index contributed by atoms with van der Waals surface area (Å²) in [5.74, 6) is 0. The number of halogens is 1. The molecule has 0 spiro atoms. The van der Waals surface area contributed by atoms with E-state index >= 15 is 0 Å². The lowest BCUT2D eigenvalue weighted by atomic mass is 10.1. The third-order valence-electron chi connectivity index (χ3n) is 2.67. The third-order valence-corrected chi connectivity index (χ3v) is 3.91. The highest BCUT2D eigenvalue weighted by molar-refractivity contribution is 7.16. The van der Waals surface area contributed by atoms with Gasteiger partial charge in [-0.15, -0.1) is 11.3 Å². The predicted molar refractivity (Wildman–Crippen MR) is 78.7 cm³/mol. The Morgan fingerprint density at radius 2 is 2.06 bits per heavy atom. The molecule has 18 heavy (non-hydrogen) atoms. The van der Waals surface area contributed by atoms with Gasteiger partial charge in [0.25, 0.3) is 0 Å². The van der Waals surface area contributed by atoms with Crippen molar-refractivity contribution in [3.63, 3.8) is 0 Å². The number of hydrogen-bond donors (Lipinski definition) is 1. The van der Waals surface area contributed by atoms with Crippen LogP contribution in [0.25, 0.3) is 0 Å². The van der Waals surface area contributed by atoms with Crippen LogP contribution in [0.4, 0.5) is 5.69 Å². The summed E-state index contributed by atoms with van der Waals surface area (Å²) < 4.78 is 5.96. The first-order chi connectivity index (χ1) is 8.79. The van der Waals surface area contributed by atoms with E-state index in [1.165, 1.54) is 16.1 Å². The van der Waals surface area contributed by atoms with Gasteiger partial charge < -0.3 is 10.1 Å². The van der Waals surface area contributed by atoms with E-state index in [0.29, 0.717) is 0 Å². The molecule has 1 aromatic heterocycles. The standard InChI is InChI=1S/C14H16ClNOS/c1-17-9-8-11-4-2-3-5-13(11)16-10-12-6-7-14(15)18-12/h2-7,16H,8-10H2,1H3. The van der Waals surface area contributed by atoms with Crippen molar-refractivity contribution in [1.29, 1.82) is 0 Å². The van der Waals surface area contributed by atoms with Crippen molar-refractivity contribution in [3.05, 3.63) is 51.2 Å². The van der Waals surface area contributed by atoms with Crippen LogP contribution in [-0.4, -0.2) is 13.7 Å². The quantitative estimate of drug-likeness (QED) is 0.857. The second kappa shape index (κ2) is 6.78. The molecule has 0 aliphatic heterocycles. The summed E-state index contributed by atoms with van der Waals surface area (Å²) in [5, 5.41) is 3.45. The zero-order valence-corrected chi connectivity index (χ0v) is 11.9. The molecule has 0 atom stereocenters.